The number of carbonyl (C=O) groups excluding carboxylic acids is 6. The van der Waals surface area contributed by atoms with Crippen molar-refractivity contribution in [3.05, 3.63) is 147 Å². The second-order valence-electron chi connectivity index (χ2n) is 23.1. The summed E-state index contributed by atoms with van der Waals surface area (Å²) in [6.45, 7) is 7.14. The molecule has 1 saturated carbocycles. The third-order valence-corrected chi connectivity index (χ3v) is 22.0. The maximum Gasteiger partial charge on any atom is 0.416 e. The fraction of sp³-hybridized carbons (Fsp3) is 0.338. The molecule has 4 atom stereocenters. The summed E-state index contributed by atoms with van der Waals surface area (Å²) in [6, 6.07) is 17.6. The van der Waals surface area contributed by atoms with Crippen molar-refractivity contribution in [2.24, 2.45) is 11.8 Å². The quantitative estimate of drug-likeness (QED) is 0.0589. The number of ether oxygens (including phenoxy) is 2. The highest BCUT2D eigenvalue weighted by atomic mass is 32.1. The van der Waals surface area contributed by atoms with Crippen LogP contribution in [0.1, 0.15) is 161 Å². The maximum atomic E-state index is 14.5. The molecule has 95 heavy (non-hydrogen) atoms. The van der Waals surface area contributed by atoms with Gasteiger partial charge in [0, 0.05) is 64.4 Å². The van der Waals surface area contributed by atoms with Crippen LogP contribution in [0.3, 0.4) is 0 Å². The van der Waals surface area contributed by atoms with Gasteiger partial charge in [-0.15, -0.1) is 68.0 Å². The van der Waals surface area contributed by atoms with Crippen molar-refractivity contribution in [3.8, 4) is 43.4 Å². The summed E-state index contributed by atoms with van der Waals surface area (Å²) in [4.78, 5) is 146. The Bertz CT molecular complexity index is 4360. The molecule has 0 saturated heterocycles. The van der Waals surface area contributed by atoms with E-state index >= 15 is 0 Å². The average molecular weight is 1400 g/mol. The lowest BCUT2D eigenvalue weighted by molar-refractivity contribution is -0.143. The number of nitrogens with one attached hydrogen (secondary N) is 4. The Morgan fingerprint density at radius 2 is 1.42 bits per heavy atom. The molecular weight excluding hydrogens is 1330 g/mol. The molecule has 11 rings (SSSR count). The number of Topliss-reactive ketones (excluding diaryl/α,β-unsaturated/α-hetero) is 1. The molecule has 24 nitrogen and oxygen atoms in total. The van der Waals surface area contributed by atoms with Crippen molar-refractivity contribution in [1.29, 1.82) is 0 Å². The van der Waals surface area contributed by atoms with Crippen LogP contribution in [0.2, 0.25) is 0 Å². The summed E-state index contributed by atoms with van der Waals surface area (Å²) in [6.07, 6.45) is -0.229. The minimum atomic E-state index is -1.15. The molecule has 1 aliphatic carbocycles. The Kier molecular flexibility index (Phi) is 21.2. The second-order valence-corrected chi connectivity index (χ2v) is 28.9. The molecule has 0 radical (unpaired) electrons. The van der Waals surface area contributed by atoms with Crippen LogP contribution in [0.25, 0.3) is 43.4 Å². The Hall–Kier alpha value is -8.91. The van der Waals surface area contributed by atoms with Crippen molar-refractivity contribution in [2.75, 3.05) is 25.6 Å². The number of fused-ring (bicyclic) bond motifs is 14. The van der Waals surface area contributed by atoms with E-state index in [1.54, 1.807) is 41.9 Å². The number of methoxy groups -OCH3 is 1. The topological polar surface area (TPSA) is 337 Å². The Morgan fingerprint density at radius 3 is 2.16 bits per heavy atom. The lowest BCUT2D eigenvalue weighted by Gasteiger charge is -2.28. The number of benzene rings is 2. The predicted octanol–water partition coefficient (Wildman–Crippen LogP) is 11.8. The van der Waals surface area contributed by atoms with Gasteiger partial charge in [-0.2, -0.15) is 0 Å². The van der Waals surface area contributed by atoms with Crippen LogP contribution in [-0.2, 0) is 37.0 Å². The molecule has 6 N–H and O–H groups in total. The number of aryl methyl sites for hydroxylation is 1. The molecule has 0 spiro atoms. The summed E-state index contributed by atoms with van der Waals surface area (Å²) in [5.74, 6) is -5.76. The number of hydrogen-bond donors (Lipinski definition) is 6. The van der Waals surface area contributed by atoms with Crippen LogP contribution in [0.5, 0.6) is 0 Å². The molecule has 1 aliphatic heterocycles. The number of carboxylic acid groups (broad SMARTS) is 2. The zero-order chi connectivity index (χ0) is 67.2. The molecule has 30 heteroatoms. The van der Waals surface area contributed by atoms with Gasteiger partial charge in [0.15, 0.2) is 5.78 Å². The highest BCUT2D eigenvalue weighted by molar-refractivity contribution is 7.15. The number of pyridine rings is 1. The summed E-state index contributed by atoms with van der Waals surface area (Å²) >= 11 is 7.39. The maximum absolute atomic E-state index is 14.5. The zero-order valence-corrected chi connectivity index (χ0v) is 57.0. The summed E-state index contributed by atoms with van der Waals surface area (Å²) in [7, 11) is 2.97. The first kappa shape index (κ1) is 67.5. The van der Waals surface area contributed by atoms with E-state index in [9.17, 15) is 48.6 Å². The van der Waals surface area contributed by atoms with Crippen molar-refractivity contribution in [1.82, 2.24) is 56.2 Å². The van der Waals surface area contributed by atoms with E-state index < -0.39 is 78.2 Å². The lowest BCUT2D eigenvalue weighted by Crippen LogP contribution is -2.40. The molecule has 7 aromatic heterocycles. The molecular formula is C65H64N12O12S6. The van der Waals surface area contributed by atoms with Gasteiger partial charge < -0.3 is 41.0 Å². The molecule has 1 fully saturated rings. The summed E-state index contributed by atoms with van der Waals surface area (Å²) in [5.41, 5.74) is 3.74. The van der Waals surface area contributed by atoms with Gasteiger partial charge in [0.25, 0.3) is 11.8 Å². The fourth-order valence-electron chi connectivity index (χ4n) is 11.0. The third kappa shape index (κ3) is 15.6. The number of nitrogens with zero attached hydrogens (tertiary/aromatic N) is 8. The van der Waals surface area contributed by atoms with Gasteiger partial charge in [-0.25, -0.2) is 44.5 Å². The van der Waals surface area contributed by atoms with Crippen molar-refractivity contribution >= 4 is 121 Å². The molecule has 2 aliphatic rings. The molecule has 8 heterocycles. The standard InChI is InChI=1S/C65H64N12O12S6/c1-31(2)40-22-46(78)52-33(4)94-61(75-52)42(23-49(79)66-5)69-55(81)44-28-90-57(71-44)39-19-20-41(59-73-48(30-93-59)77(25-34-11-10-14-37(21-34)64(85)86)65(87)89-38-17-15-36(16-18-38)63(83)84)68-53(39)43-27-91-60(70-43)45-29-92-62(72-45)51(32(3)35-12-8-7-9-13-35)74-50(80)24-67-56(82)54-47(26-88-6)95-58(40)76-54/h7-14,19-21,27-32,36,38,40,42,51H,15-18,22-26H2,1-6H3,(H,66,79)(H,67,82)(H,69,81)(H,74,80)(H,83,84)(H,85,86)/t32-,36?,38?,40?,42-,51-/m0/s1. The van der Waals surface area contributed by atoms with E-state index in [0.29, 0.717) is 99.4 Å². The van der Waals surface area contributed by atoms with E-state index in [4.69, 9.17) is 44.4 Å². The molecule has 1 unspecified atom stereocenters. The first-order valence-electron chi connectivity index (χ1n) is 30.2. The van der Waals surface area contributed by atoms with Crippen molar-refractivity contribution < 1.29 is 58.0 Å². The first-order valence-corrected chi connectivity index (χ1v) is 35.4. The highest BCUT2D eigenvalue weighted by Gasteiger charge is 2.35. The van der Waals surface area contributed by atoms with Crippen molar-refractivity contribution in [2.45, 2.75) is 109 Å². The number of aromatic carboxylic acids is 1. The normalized spacial score (nSPS) is 18.2. The summed E-state index contributed by atoms with van der Waals surface area (Å²) < 4.78 is 11.5. The number of anilines is 1. The molecule has 9 aromatic rings. The van der Waals surface area contributed by atoms with Gasteiger partial charge >= 0.3 is 18.0 Å². The van der Waals surface area contributed by atoms with Crippen molar-refractivity contribution in [3.63, 3.8) is 0 Å². The number of aromatic nitrogens is 7. The van der Waals surface area contributed by atoms with Gasteiger partial charge in [0.05, 0.1) is 65.3 Å². The number of amides is 5. The first-order chi connectivity index (χ1) is 45.7. The third-order valence-electron chi connectivity index (χ3n) is 16.3. The predicted molar refractivity (Wildman–Crippen MR) is 361 cm³/mol. The van der Waals surface area contributed by atoms with Crippen LogP contribution in [0.4, 0.5) is 10.6 Å². The fourth-order valence-corrected chi connectivity index (χ4v) is 16.7. The number of carboxylic acids is 2. The highest BCUT2D eigenvalue weighted by Crippen LogP contribution is 2.42. The summed E-state index contributed by atoms with van der Waals surface area (Å²) in [5, 5.41) is 40.5. The van der Waals surface area contributed by atoms with Gasteiger partial charge in [-0.05, 0) is 73.9 Å². The van der Waals surface area contributed by atoms with Crippen LogP contribution >= 0.6 is 68.0 Å². The Labute approximate surface area is 568 Å². The molecule has 5 amide bonds. The van der Waals surface area contributed by atoms with E-state index in [-0.39, 0.29) is 72.1 Å². The molecule has 10 bridgehead atoms. The smallest absolute Gasteiger partial charge is 0.416 e. The number of aliphatic carboxylic acids is 1. The largest absolute Gasteiger partial charge is 0.481 e. The zero-order valence-electron chi connectivity index (χ0n) is 52.1. The van der Waals surface area contributed by atoms with Crippen LogP contribution in [0.15, 0.2) is 88.3 Å². The minimum absolute atomic E-state index is 0.0130. The minimum Gasteiger partial charge on any atom is -0.481 e. The van der Waals surface area contributed by atoms with Crippen LogP contribution < -0.4 is 26.2 Å². The second kappa shape index (κ2) is 29.8. The number of thiazole rings is 6. The van der Waals surface area contributed by atoms with Gasteiger partial charge in [-0.1, -0.05) is 63.2 Å². The van der Waals surface area contributed by atoms with E-state index in [1.807, 2.05) is 61.9 Å². The monoisotopic (exact) mass is 1400 g/mol. The SMILES string of the molecule is CNC(=O)C[C@@H]1NC(=O)c2csc(n2)-c2ccc(-c3nc(N(Cc4cccc(C(=O)O)c4)C(=O)OC4CCC(C(=O)O)CC4)cs3)nc2-c2csc(n2)-c2csc(n2)[C@H]([C@@H](C)c2ccccc2)NC(=O)CNC(=O)c2nc(sc2COC)C(C(C)C)CC(=O)c2nc1sc2C. The van der Waals surface area contributed by atoms with Gasteiger partial charge in [0.1, 0.15) is 71.1 Å². The average Bonchev–Trinajstić information content (AvgIpc) is 1.69. The van der Waals surface area contributed by atoms with E-state index in [1.165, 1.54) is 99.2 Å². The van der Waals surface area contributed by atoms with Crippen LogP contribution in [0, 0.1) is 18.8 Å². The molecule has 2 aromatic carbocycles. The van der Waals surface area contributed by atoms with E-state index in [0.717, 1.165) is 5.56 Å². The Balaban J connectivity index is 0.983. The lowest BCUT2D eigenvalue weighted by atomic mass is 9.87. The number of hydrogen-bond acceptors (Lipinski definition) is 23. The molecule has 492 valence electrons. The van der Waals surface area contributed by atoms with Gasteiger partial charge in [0.2, 0.25) is 11.8 Å². The van der Waals surface area contributed by atoms with Gasteiger partial charge in [-0.3, -0.25) is 33.7 Å². The van der Waals surface area contributed by atoms with E-state index in [2.05, 4.69) is 21.3 Å². The van der Waals surface area contributed by atoms with Crippen LogP contribution in [-0.4, -0.2) is 119 Å². The number of ketones is 1. The number of carbonyl (C=O) groups is 8. The number of rotatable bonds is 14. The Morgan fingerprint density at radius 1 is 0.705 bits per heavy atom.